The molecule has 0 saturated carbocycles. The third kappa shape index (κ3) is 1.88. The van der Waals surface area contributed by atoms with E-state index in [0.29, 0.717) is 17.5 Å². The molecule has 0 unspecified atom stereocenters. The van der Waals surface area contributed by atoms with Crippen molar-refractivity contribution in [1.82, 2.24) is 30.2 Å². The monoisotopic (exact) mass is 239 g/mol. The van der Waals surface area contributed by atoms with E-state index in [0.717, 1.165) is 5.56 Å². The van der Waals surface area contributed by atoms with Crippen LogP contribution in [0.25, 0.3) is 17.2 Å². The smallest absolute Gasteiger partial charge is 0.205 e. The van der Waals surface area contributed by atoms with Gasteiger partial charge in [-0.1, -0.05) is 30.3 Å². The lowest BCUT2D eigenvalue weighted by Crippen LogP contribution is -2.03. The van der Waals surface area contributed by atoms with Crippen molar-refractivity contribution in [3.8, 4) is 17.2 Å². The van der Waals surface area contributed by atoms with E-state index in [9.17, 15) is 0 Å². The second kappa shape index (κ2) is 4.21. The molecule has 0 spiro atoms. The van der Waals surface area contributed by atoms with E-state index in [1.165, 1.54) is 11.1 Å². The van der Waals surface area contributed by atoms with Crippen LogP contribution in [0.1, 0.15) is 0 Å². The first-order valence-corrected chi connectivity index (χ1v) is 5.26. The lowest BCUT2D eigenvalue weighted by molar-refractivity contribution is 0.698. The molecule has 0 saturated heterocycles. The Labute approximate surface area is 102 Å². The van der Waals surface area contributed by atoms with Gasteiger partial charge in [-0.2, -0.15) is 0 Å². The van der Waals surface area contributed by atoms with Gasteiger partial charge in [-0.25, -0.2) is 9.97 Å². The van der Waals surface area contributed by atoms with Crippen LogP contribution in [-0.2, 0) is 0 Å². The van der Waals surface area contributed by atoms with Gasteiger partial charge in [0.25, 0.3) is 0 Å². The van der Waals surface area contributed by atoms with Gasteiger partial charge >= 0.3 is 0 Å². The quantitative estimate of drug-likeness (QED) is 0.707. The minimum atomic E-state index is 0.360. The van der Waals surface area contributed by atoms with Crippen LogP contribution >= 0.6 is 0 Å². The van der Waals surface area contributed by atoms with Gasteiger partial charge < -0.3 is 5.73 Å². The van der Waals surface area contributed by atoms with Crippen LogP contribution in [0.2, 0.25) is 0 Å². The van der Waals surface area contributed by atoms with Gasteiger partial charge in [0.1, 0.15) is 12.1 Å². The highest BCUT2D eigenvalue weighted by Gasteiger charge is 2.07. The van der Waals surface area contributed by atoms with Crippen LogP contribution in [-0.4, -0.2) is 30.2 Å². The van der Waals surface area contributed by atoms with Crippen molar-refractivity contribution in [3.05, 3.63) is 42.7 Å². The molecule has 0 amide bonds. The summed E-state index contributed by atoms with van der Waals surface area (Å²) >= 11 is 0. The van der Waals surface area contributed by atoms with Gasteiger partial charge in [-0.15, -0.1) is 15.0 Å². The summed E-state index contributed by atoms with van der Waals surface area (Å²) in [6, 6.07) is 11.2. The van der Waals surface area contributed by atoms with Crippen molar-refractivity contribution in [3.63, 3.8) is 0 Å². The minimum absolute atomic E-state index is 0.360. The summed E-state index contributed by atoms with van der Waals surface area (Å²) in [7, 11) is 0. The number of nitrogens with two attached hydrogens (primary N) is 1. The fourth-order valence-corrected chi connectivity index (χ4v) is 1.49. The number of aromatic nitrogens is 6. The summed E-state index contributed by atoms with van der Waals surface area (Å²) in [4.78, 5) is 9.15. The van der Waals surface area contributed by atoms with Crippen molar-refractivity contribution in [2.75, 3.05) is 5.73 Å². The molecule has 0 fully saturated rings. The fraction of sp³-hybridized carbons (Fsp3) is 0. The van der Waals surface area contributed by atoms with Crippen LogP contribution in [0.3, 0.4) is 0 Å². The normalized spacial score (nSPS) is 10.4. The molecule has 0 atom stereocenters. The molecule has 3 rings (SSSR count). The van der Waals surface area contributed by atoms with Crippen LogP contribution in [0.4, 0.5) is 5.82 Å². The van der Waals surface area contributed by atoms with E-state index in [1.807, 2.05) is 30.3 Å². The van der Waals surface area contributed by atoms with Crippen LogP contribution in [0, 0.1) is 0 Å². The third-order valence-electron chi connectivity index (χ3n) is 2.32. The Morgan fingerprint density at radius 3 is 2.67 bits per heavy atom. The topological polar surface area (TPSA) is 95.4 Å². The lowest BCUT2D eigenvalue weighted by Gasteiger charge is -1.97. The minimum Gasteiger partial charge on any atom is -0.384 e. The Morgan fingerprint density at radius 2 is 1.89 bits per heavy atom. The molecule has 0 radical (unpaired) electrons. The average Bonchev–Trinajstić information content (AvgIpc) is 2.89. The van der Waals surface area contributed by atoms with E-state index >= 15 is 0 Å². The van der Waals surface area contributed by atoms with E-state index in [2.05, 4.69) is 25.4 Å². The Kier molecular flexibility index (Phi) is 2.41. The molecule has 2 heterocycles. The Bertz CT molecular complexity index is 662. The first-order chi connectivity index (χ1) is 8.83. The number of anilines is 1. The first kappa shape index (κ1) is 10.3. The molecule has 2 aromatic heterocycles. The van der Waals surface area contributed by atoms with E-state index < -0.39 is 0 Å². The maximum Gasteiger partial charge on any atom is 0.205 e. The highest BCUT2D eigenvalue weighted by molar-refractivity contribution is 5.53. The van der Waals surface area contributed by atoms with Gasteiger partial charge in [0.05, 0.1) is 0 Å². The van der Waals surface area contributed by atoms with Crippen molar-refractivity contribution >= 4 is 5.82 Å². The Morgan fingerprint density at radius 1 is 1.06 bits per heavy atom. The molecule has 2 N–H and O–H groups in total. The van der Waals surface area contributed by atoms with Crippen molar-refractivity contribution in [2.45, 2.75) is 0 Å². The SMILES string of the molecule is Nc1cc(-n2nnc(-c3ccccc3)n2)ncn1. The predicted molar refractivity (Wildman–Crippen MR) is 64.6 cm³/mol. The van der Waals surface area contributed by atoms with E-state index in [1.54, 1.807) is 6.07 Å². The molecule has 88 valence electrons. The Balaban J connectivity index is 2.00. The standard InChI is InChI=1S/C11H9N7/c12-9-6-10(14-7-13-9)18-16-11(15-17-18)8-4-2-1-3-5-8/h1-7H,(H2,12,13,14). The number of tetrazole rings is 1. The molecule has 7 nitrogen and oxygen atoms in total. The zero-order valence-electron chi connectivity index (χ0n) is 9.30. The van der Waals surface area contributed by atoms with Gasteiger partial charge in [0, 0.05) is 11.6 Å². The van der Waals surface area contributed by atoms with Crippen LogP contribution in [0.5, 0.6) is 0 Å². The van der Waals surface area contributed by atoms with Gasteiger partial charge in [0.15, 0.2) is 5.82 Å². The molecular formula is C11H9N7. The van der Waals surface area contributed by atoms with E-state index in [4.69, 9.17) is 5.73 Å². The summed E-state index contributed by atoms with van der Waals surface area (Å²) in [5.41, 5.74) is 6.47. The molecule has 0 bridgehead atoms. The summed E-state index contributed by atoms with van der Waals surface area (Å²) < 4.78 is 0. The highest BCUT2D eigenvalue weighted by atomic mass is 15.6. The molecule has 0 aliphatic heterocycles. The first-order valence-electron chi connectivity index (χ1n) is 5.26. The number of hydrogen-bond acceptors (Lipinski definition) is 6. The molecular weight excluding hydrogens is 230 g/mol. The Hall–Kier alpha value is -2.83. The summed E-state index contributed by atoms with van der Waals surface area (Å²) in [6.07, 6.45) is 1.36. The zero-order chi connectivity index (χ0) is 12.4. The number of rotatable bonds is 2. The second-order valence-electron chi connectivity index (χ2n) is 3.57. The number of benzene rings is 1. The van der Waals surface area contributed by atoms with Crippen LogP contribution in [0.15, 0.2) is 42.7 Å². The number of nitrogen functional groups attached to an aromatic ring is 1. The predicted octanol–water partition coefficient (Wildman–Crippen LogP) is 0.701. The number of nitrogens with zero attached hydrogens (tertiary/aromatic N) is 6. The van der Waals surface area contributed by atoms with Gasteiger partial charge in [-0.3, -0.25) is 0 Å². The summed E-state index contributed by atoms with van der Waals surface area (Å²) in [6.45, 7) is 0. The maximum absolute atomic E-state index is 5.57. The summed E-state index contributed by atoms with van der Waals surface area (Å²) in [5.74, 6) is 1.38. The fourth-order valence-electron chi connectivity index (χ4n) is 1.49. The van der Waals surface area contributed by atoms with Crippen LogP contribution < -0.4 is 5.73 Å². The van der Waals surface area contributed by atoms with Gasteiger partial charge in [-0.05, 0) is 5.21 Å². The largest absolute Gasteiger partial charge is 0.384 e. The molecule has 0 aliphatic carbocycles. The zero-order valence-corrected chi connectivity index (χ0v) is 9.30. The molecule has 3 aromatic rings. The molecule has 1 aromatic carbocycles. The highest BCUT2D eigenvalue weighted by Crippen LogP contribution is 2.13. The lowest BCUT2D eigenvalue weighted by atomic mass is 10.2. The van der Waals surface area contributed by atoms with Crippen molar-refractivity contribution in [2.24, 2.45) is 0 Å². The number of hydrogen-bond donors (Lipinski definition) is 1. The summed E-state index contributed by atoms with van der Waals surface area (Å²) in [5, 5.41) is 12.1. The average molecular weight is 239 g/mol. The molecule has 0 aliphatic rings. The maximum atomic E-state index is 5.57. The molecule has 18 heavy (non-hydrogen) atoms. The molecule has 7 heteroatoms. The van der Waals surface area contributed by atoms with Crippen molar-refractivity contribution in [1.29, 1.82) is 0 Å². The van der Waals surface area contributed by atoms with Gasteiger partial charge in [0.2, 0.25) is 5.82 Å². The second-order valence-corrected chi connectivity index (χ2v) is 3.57. The van der Waals surface area contributed by atoms with E-state index in [-0.39, 0.29) is 0 Å². The third-order valence-corrected chi connectivity index (χ3v) is 2.32. The van der Waals surface area contributed by atoms with Crippen molar-refractivity contribution < 1.29 is 0 Å².